The van der Waals surface area contributed by atoms with Crippen LogP contribution < -0.4 is 14.8 Å². The van der Waals surface area contributed by atoms with Gasteiger partial charge in [-0.25, -0.2) is 0 Å². The normalized spacial score (nSPS) is 10.5. The van der Waals surface area contributed by atoms with Crippen molar-refractivity contribution >= 4 is 17.5 Å². The maximum absolute atomic E-state index is 12.4. The lowest BCUT2D eigenvalue weighted by molar-refractivity contribution is -0.133. The maximum atomic E-state index is 12.4. The van der Waals surface area contributed by atoms with Gasteiger partial charge in [-0.15, -0.1) is 0 Å². The molecule has 0 spiro atoms. The molecule has 0 radical (unpaired) electrons. The number of nitrogens with zero attached hydrogens (tertiary/aromatic N) is 3. The van der Waals surface area contributed by atoms with Crippen LogP contribution in [0.25, 0.3) is 11.4 Å². The predicted octanol–water partition coefficient (Wildman–Crippen LogP) is 3.17. The van der Waals surface area contributed by atoms with E-state index in [-0.39, 0.29) is 31.2 Å². The fourth-order valence-electron chi connectivity index (χ4n) is 2.95. The van der Waals surface area contributed by atoms with Crippen molar-refractivity contribution in [2.45, 2.75) is 19.8 Å². The average Bonchev–Trinajstić information content (AvgIpc) is 3.27. The molecular formula is C23H26N4O5. The van der Waals surface area contributed by atoms with E-state index in [0.717, 1.165) is 11.3 Å². The van der Waals surface area contributed by atoms with Crippen LogP contribution in [0.4, 0.5) is 5.69 Å². The van der Waals surface area contributed by atoms with E-state index in [1.807, 2.05) is 31.2 Å². The fraction of sp³-hybridized carbons (Fsp3) is 0.304. The zero-order valence-electron chi connectivity index (χ0n) is 18.3. The molecule has 1 aromatic heterocycles. The number of anilines is 1. The van der Waals surface area contributed by atoms with Crippen LogP contribution in [0.15, 0.2) is 53.1 Å². The first-order valence-electron chi connectivity index (χ1n) is 10.2. The fourth-order valence-corrected chi connectivity index (χ4v) is 2.95. The summed E-state index contributed by atoms with van der Waals surface area (Å²) >= 11 is 0. The lowest BCUT2D eigenvalue weighted by atomic mass is 10.2. The van der Waals surface area contributed by atoms with Gasteiger partial charge in [0.1, 0.15) is 11.5 Å². The highest BCUT2D eigenvalue weighted by Crippen LogP contribution is 2.20. The molecule has 0 fully saturated rings. The van der Waals surface area contributed by atoms with E-state index < -0.39 is 0 Å². The Morgan fingerprint density at radius 1 is 1.12 bits per heavy atom. The van der Waals surface area contributed by atoms with Crippen LogP contribution >= 0.6 is 0 Å². The molecule has 1 N–H and O–H groups in total. The SMILES string of the molecule is CCOc1ccc(-c2noc(CCC(=O)N(C)CC(=O)Nc3cccc(OC)c3)n2)cc1. The molecule has 0 saturated heterocycles. The molecule has 2 amide bonds. The first kappa shape index (κ1) is 22.8. The van der Waals surface area contributed by atoms with Gasteiger partial charge in [0.25, 0.3) is 0 Å². The predicted molar refractivity (Wildman–Crippen MR) is 118 cm³/mol. The first-order chi connectivity index (χ1) is 15.5. The minimum Gasteiger partial charge on any atom is -0.497 e. The molecule has 0 saturated carbocycles. The van der Waals surface area contributed by atoms with Crippen molar-refractivity contribution in [1.82, 2.24) is 15.0 Å². The van der Waals surface area contributed by atoms with Crippen molar-refractivity contribution in [1.29, 1.82) is 0 Å². The molecule has 168 valence electrons. The van der Waals surface area contributed by atoms with Crippen LogP contribution in [0.1, 0.15) is 19.2 Å². The minimum atomic E-state index is -0.301. The Bertz CT molecular complexity index is 1050. The lowest BCUT2D eigenvalue weighted by Crippen LogP contribution is -2.35. The molecule has 0 aliphatic heterocycles. The van der Waals surface area contributed by atoms with E-state index in [1.54, 1.807) is 38.4 Å². The zero-order chi connectivity index (χ0) is 22.9. The van der Waals surface area contributed by atoms with Crippen LogP contribution in [-0.4, -0.2) is 54.2 Å². The first-order valence-corrected chi connectivity index (χ1v) is 10.2. The number of carbonyl (C=O) groups excluding carboxylic acids is 2. The van der Waals surface area contributed by atoms with Gasteiger partial charge in [0.2, 0.25) is 23.5 Å². The zero-order valence-corrected chi connectivity index (χ0v) is 18.3. The molecule has 1 heterocycles. The molecule has 0 atom stereocenters. The van der Waals surface area contributed by atoms with Gasteiger partial charge < -0.3 is 24.2 Å². The highest BCUT2D eigenvalue weighted by Gasteiger charge is 2.16. The number of hydrogen-bond acceptors (Lipinski definition) is 7. The summed E-state index contributed by atoms with van der Waals surface area (Å²) in [5, 5.41) is 6.71. The van der Waals surface area contributed by atoms with Crippen molar-refractivity contribution in [2.24, 2.45) is 0 Å². The third kappa shape index (κ3) is 6.31. The van der Waals surface area contributed by atoms with Gasteiger partial charge in [-0.2, -0.15) is 4.98 Å². The van der Waals surface area contributed by atoms with Crippen LogP contribution in [0, 0.1) is 0 Å². The number of ether oxygens (including phenoxy) is 2. The van der Waals surface area contributed by atoms with Gasteiger partial charge in [-0.3, -0.25) is 9.59 Å². The number of rotatable bonds is 10. The van der Waals surface area contributed by atoms with Crippen molar-refractivity contribution in [2.75, 3.05) is 32.6 Å². The molecule has 0 aliphatic rings. The molecule has 3 rings (SSSR count). The van der Waals surface area contributed by atoms with Crippen molar-refractivity contribution in [3.63, 3.8) is 0 Å². The number of nitrogens with one attached hydrogen (secondary N) is 1. The number of aryl methyl sites for hydroxylation is 1. The van der Waals surface area contributed by atoms with Gasteiger partial charge in [0.15, 0.2) is 0 Å². The van der Waals surface area contributed by atoms with E-state index >= 15 is 0 Å². The van der Waals surface area contributed by atoms with E-state index in [4.69, 9.17) is 14.0 Å². The van der Waals surface area contributed by atoms with E-state index in [1.165, 1.54) is 4.90 Å². The second-order valence-electron chi connectivity index (χ2n) is 7.00. The smallest absolute Gasteiger partial charge is 0.243 e. The minimum absolute atomic E-state index is 0.0721. The summed E-state index contributed by atoms with van der Waals surface area (Å²) in [7, 11) is 3.13. The Labute approximate surface area is 186 Å². The van der Waals surface area contributed by atoms with E-state index in [9.17, 15) is 9.59 Å². The second kappa shape index (κ2) is 10.9. The topological polar surface area (TPSA) is 107 Å². The van der Waals surface area contributed by atoms with Gasteiger partial charge in [0, 0.05) is 37.2 Å². The highest BCUT2D eigenvalue weighted by atomic mass is 16.5. The average molecular weight is 438 g/mol. The maximum Gasteiger partial charge on any atom is 0.243 e. The number of carbonyl (C=O) groups is 2. The van der Waals surface area contributed by atoms with Crippen LogP contribution in [-0.2, 0) is 16.0 Å². The van der Waals surface area contributed by atoms with Crippen molar-refractivity contribution < 1.29 is 23.6 Å². The number of likely N-dealkylation sites (N-methyl/N-ethyl adjacent to an activating group) is 1. The molecular weight excluding hydrogens is 412 g/mol. The van der Waals surface area contributed by atoms with Gasteiger partial charge >= 0.3 is 0 Å². The highest BCUT2D eigenvalue weighted by molar-refractivity contribution is 5.94. The van der Waals surface area contributed by atoms with Crippen LogP contribution in [0.5, 0.6) is 11.5 Å². The summed E-state index contributed by atoms with van der Waals surface area (Å²) in [6.45, 7) is 2.44. The number of methoxy groups -OCH3 is 1. The third-order valence-electron chi connectivity index (χ3n) is 4.60. The molecule has 9 heteroatoms. The van der Waals surface area contributed by atoms with Crippen LogP contribution in [0.3, 0.4) is 0 Å². The summed E-state index contributed by atoms with van der Waals surface area (Å²) in [6, 6.07) is 14.4. The van der Waals surface area contributed by atoms with Gasteiger partial charge in [-0.1, -0.05) is 11.2 Å². The standard InChI is InChI=1S/C23H26N4O5/c1-4-31-18-10-8-16(9-11-18)23-25-21(32-26-23)12-13-22(29)27(2)15-20(28)24-17-6-5-7-19(14-17)30-3/h5-11,14H,4,12-13,15H2,1-3H3,(H,24,28). The molecule has 0 unspecified atom stereocenters. The number of amides is 2. The Hall–Kier alpha value is -3.88. The Morgan fingerprint density at radius 3 is 2.62 bits per heavy atom. The van der Waals surface area contributed by atoms with E-state index in [2.05, 4.69) is 15.5 Å². The van der Waals surface area contributed by atoms with Crippen LogP contribution in [0.2, 0.25) is 0 Å². The molecule has 2 aromatic carbocycles. The van der Waals surface area contributed by atoms with Crippen molar-refractivity contribution in [3.05, 3.63) is 54.4 Å². The lowest BCUT2D eigenvalue weighted by Gasteiger charge is -2.16. The number of hydrogen-bond donors (Lipinski definition) is 1. The second-order valence-corrected chi connectivity index (χ2v) is 7.00. The summed E-state index contributed by atoms with van der Waals surface area (Å²) in [5.74, 6) is 1.70. The molecule has 0 bridgehead atoms. The summed E-state index contributed by atoms with van der Waals surface area (Å²) < 4.78 is 15.8. The quantitative estimate of drug-likeness (QED) is 0.518. The monoisotopic (exact) mass is 438 g/mol. The molecule has 32 heavy (non-hydrogen) atoms. The summed E-state index contributed by atoms with van der Waals surface area (Å²) in [5.41, 5.74) is 1.39. The molecule has 3 aromatic rings. The largest absolute Gasteiger partial charge is 0.497 e. The Balaban J connectivity index is 1.48. The van der Waals surface area contributed by atoms with Crippen molar-refractivity contribution in [3.8, 4) is 22.9 Å². The number of benzene rings is 2. The van der Waals surface area contributed by atoms with Gasteiger partial charge in [-0.05, 0) is 43.3 Å². The Kier molecular flexibility index (Phi) is 7.80. The molecule has 0 aliphatic carbocycles. The van der Waals surface area contributed by atoms with E-state index in [0.29, 0.717) is 29.8 Å². The van der Waals surface area contributed by atoms with Gasteiger partial charge in [0.05, 0.1) is 20.3 Å². The molecule has 9 nitrogen and oxygen atoms in total. The summed E-state index contributed by atoms with van der Waals surface area (Å²) in [6.07, 6.45) is 0.429. The Morgan fingerprint density at radius 2 is 1.91 bits per heavy atom. The number of aromatic nitrogens is 2. The third-order valence-corrected chi connectivity index (χ3v) is 4.60. The summed E-state index contributed by atoms with van der Waals surface area (Å²) in [4.78, 5) is 30.3.